The molecule has 1 aromatic rings. The Hall–Kier alpha value is -1.76. The molecule has 0 aromatic heterocycles. The van der Waals surface area contributed by atoms with E-state index in [2.05, 4.69) is 5.32 Å². The molecule has 1 amide bonds. The van der Waals surface area contributed by atoms with E-state index in [0.29, 0.717) is 6.07 Å². The molecule has 17 heavy (non-hydrogen) atoms. The summed E-state index contributed by atoms with van der Waals surface area (Å²) in [6, 6.07) is 0.335. The van der Waals surface area contributed by atoms with Gasteiger partial charge in [-0.1, -0.05) is 0 Å². The molecule has 0 heterocycles. The molecule has 3 N–H and O–H groups in total. The van der Waals surface area contributed by atoms with Crippen molar-refractivity contribution in [3.63, 3.8) is 0 Å². The first-order valence-corrected chi connectivity index (χ1v) is 4.67. The fraction of sp³-hybridized carbons (Fsp3) is 0.300. The zero-order chi connectivity index (χ0) is 13.2. The molecular formula is C10H10F3NO3. The number of hydrogen-bond acceptors (Lipinski definition) is 3. The van der Waals surface area contributed by atoms with E-state index in [1.165, 1.54) is 6.92 Å². The van der Waals surface area contributed by atoms with Gasteiger partial charge in [-0.05, 0) is 13.0 Å². The van der Waals surface area contributed by atoms with Crippen LogP contribution in [0.15, 0.2) is 6.07 Å². The monoisotopic (exact) mass is 249 g/mol. The summed E-state index contributed by atoms with van der Waals surface area (Å²) in [4.78, 5) is 11.3. The van der Waals surface area contributed by atoms with Crippen LogP contribution in [0.3, 0.4) is 0 Å². The first kappa shape index (κ1) is 13.3. The van der Waals surface area contributed by atoms with Crippen molar-refractivity contribution in [1.29, 1.82) is 0 Å². The number of benzene rings is 1. The van der Waals surface area contributed by atoms with E-state index in [-0.39, 0.29) is 6.54 Å². The molecular weight excluding hydrogens is 239 g/mol. The minimum atomic E-state index is -1.76. The summed E-state index contributed by atoms with van der Waals surface area (Å²) in [5.41, 5.74) is -0.831. The second-order valence-corrected chi connectivity index (χ2v) is 3.44. The number of halogens is 3. The maximum atomic E-state index is 13.2. The van der Waals surface area contributed by atoms with Crippen molar-refractivity contribution in [1.82, 2.24) is 5.32 Å². The van der Waals surface area contributed by atoms with Crippen molar-refractivity contribution in [2.75, 3.05) is 6.54 Å². The van der Waals surface area contributed by atoms with E-state index < -0.39 is 40.8 Å². The number of aliphatic hydroxyl groups excluding tert-OH is 1. The van der Waals surface area contributed by atoms with Crippen LogP contribution in [0.2, 0.25) is 0 Å². The van der Waals surface area contributed by atoms with Crippen LogP contribution >= 0.6 is 0 Å². The van der Waals surface area contributed by atoms with Crippen molar-refractivity contribution in [2.45, 2.75) is 13.0 Å². The summed E-state index contributed by atoms with van der Waals surface area (Å²) in [6.07, 6.45) is -0.874. The number of nitrogens with one attached hydrogen (secondary N) is 1. The van der Waals surface area contributed by atoms with Crippen LogP contribution in [0, 0.1) is 17.5 Å². The summed E-state index contributed by atoms with van der Waals surface area (Å²) in [7, 11) is 0. The Morgan fingerprint density at radius 3 is 2.53 bits per heavy atom. The molecule has 7 heteroatoms. The van der Waals surface area contributed by atoms with Gasteiger partial charge in [-0.25, -0.2) is 8.78 Å². The van der Waals surface area contributed by atoms with Crippen molar-refractivity contribution in [3.05, 3.63) is 29.1 Å². The van der Waals surface area contributed by atoms with Crippen molar-refractivity contribution < 1.29 is 28.2 Å². The summed E-state index contributed by atoms with van der Waals surface area (Å²) in [5, 5.41) is 19.8. The Bertz CT molecular complexity index is 449. The maximum Gasteiger partial charge on any atom is 0.254 e. The van der Waals surface area contributed by atoms with Crippen LogP contribution < -0.4 is 5.32 Å². The Morgan fingerprint density at radius 1 is 1.41 bits per heavy atom. The number of phenols is 1. The minimum absolute atomic E-state index is 0.183. The van der Waals surface area contributed by atoms with E-state index in [0.717, 1.165) is 0 Å². The third-order valence-electron chi connectivity index (χ3n) is 1.94. The van der Waals surface area contributed by atoms with Crippen molar-refractivity contribution >= 4 is 5.91 Å². The zero-order valence-electron chi connectivity index (χ0n) is 8.80. The Labute approximate surface area is 94.7 Å². The first-order valence-electron chi connectivity index (χ1n) is 4.67. The number of hydrogen-bond donors (Lipinski definition) is 3. The lowest BCUT2D eigenvalue weighted by Gasteiger charge is -2.09. The molecule has 0 saturated carbocycles. The average molecular weight is 249 g/mol. The van der Waals surface area contributed by atoms with Crippen LogP contribution in [-0.2, 0) is 0 Å². The van der Waals surface area contributed by atoms with Gasteiger partial charge >= 0.3 is 0 Å². The molecule has 0 spiro atoms. The van der Waals surface area contributed by atoms with Gasteiger partial charge in [0.15, 0.2) is 17.4 Å². The normalized spacial score (nSPS) is 12.3. The van der Waals surface area contributed by atoms with E-state index >= 15 is 0 Å². The second kappa shape index (κ2) is 5.05. The number of rotatable bonds is 3. The molecule has 4 nitrogen and oxygen atoms in total. The number of carbonyl (C=O) groups excluding carboxylic acids is 1. The number of phenolic OH excluding ortho intramolecular Hbond substituents is 1. The number of carbonyl (C=O) groups is 1. The van der Waals surface area contributed by atoms with Crippen molar-refractivity contribution in [2.24, 2.45) is 0 Å². The summed E-state index contributed by atoms with van der Waals surface area (Å²) in [6.45, 7) is 1.19. The fourth-order valence-corrected chi connectivity index (χ4v) is 1.09. The SMILES string of the molecule is C[C@@H](O)CNC(=O)c1cc(F)c(F)c(O)c1F. The third kappa shape index (κ3) is 2.88. The lowest BCUT2D eigenvalue weighted by molar-refractivity contribution is 0.0918. The number of amides is 1. The minimum Gasteiger partial charge on any atom is -0.503 e. The summed E-state index contributed by atoms with van der Waals surface area (Å²) < 4.78 is 38.8. The number of aromatic hydroxyl groups is 1. The van der Waals surface area contributed by atoms with Crippen LogP contribution in [-0.4, -0.2) is 28.8 Å². The quantitative estimate of drug-likeness (QED) is 0.698. The van der Waals surface area contributed by atoms with Crippen LogP contribution in [0.5, 0.6) is 5.75 Å². The number of aliphatic hydroxyl groups is 1. The Balaban J connectivity index is 3.02. The highest BCUT2D eigenvalue weighted by Crippen LogP contribution is 2.25. The van der Waals surface area contributed by atoms with Gasteiger partial charge in [-0.15, -0.1) is 0 Å². The maximum absolute atomic E-state index is 13.2. The lowest BCUT2D eigenvalue weighted by Crippen LogP contribution is -2.31. The third-order valence-corrected chi connectivity index (χ3v) is 1.94. The molecule has 1 rings (SSSR count). The van der Waals surface area contributed by atoms with Gasteiger partial charge in [-0.3, -0.25) is 4.79 Å². The van der Waals surface area contributed by atoms with Gasteiger partial charge in [0.2, 0.25) is 5.82 Å². The largest absolute Gasteiger partial charge is 0.503 e. The van der Waals surface area contributed by atoms with Crippen LogP contribution in [0.4, 0.5) is 13.2 Å². The molecule has 0 unspecified atom stereocenters. The van der Waals surface area contributed by atoms with Crippen LogP contribution in [0.1, 0.15) is 17.3 Å². The first-order chi connectivity index (χ1) is 7.84. The predicted octanol–water partition coefficient (Wildman–Crippen LogP) is 0.920. The Morgan fingerprint density at radius 2 is 2.00 bits per heavy atom. The molecule has 0 aliphatic rings. The van der Waals surface area contributed by atoms with E-state index in [1.807, 2.05) is 0 Å². The zero-order valence-corrected chi connectivity index (χ0v) is 8.80. The fourth-order valence-electron chi connectivity index (χ4n) is 1.09. The smallest absolute Gasteiger partial charge is 0.254 e. The standard InChI is InChI=1S/C10H10F3NO3/c1-4(15)3-14-10(17)5-2-6(11)8(13)9(16)7(5)12/h2,4,15-16H,3H2,1H3,(H,14,17)/t4-/m1/s1. The van der Waals surface area contributed by atoms with Crippen LogP contribution in [0.25, 0.3) is 0 Å². The highest BCUT2D eigenvalue weighted by molar-refractivity contribution is 5.94. The molecule has 0 radical (unpaired) electrons. The van der Waals surface area contributed by atoms with Gasteiger partial charge in [0.25, 0.3) is 5.91 Å². The summed E-state index contributed by atoms with van der Waals surface area (Å²) in [5.74, 6) is -7.45. The van der Waals surface area contributed by atoms with Crippen molar-refractivity contribution in [3.8, 4) is 5.75 Å². The van der Waals surface area contributed by atoms with E-state index in [1.54, 1.807) is 0 Å². The van der Waals surface area contributed by atoms with E-state index in [9.17, 15) is 18.0 Å². The molecule has 0 aliphatic heterocycles. The van der Waals surface area contributed by atoms with Gasteiger partial charge < -0.3 is 15.5 Å². The predicted molar refractivity (Wildman–Crippen MR) is 52.0 cm³/mol. The molecule has 94 valence electrons. The molecule has 1 aromatic carbocycles. The molecule has 0 aliphatic carbocycles. The highest BCUT2D eigenvalue weighted by atomic mass is 19.2. The molecule has 0 saturated heterocycles. The van der Waals surface area contributed by atoms with Gasteiger partial charge in [0.05, 0.1) is 11.7 Å². The Kier molecular flexibility index (Phi) is 3.95. The second-order valence-electron chi connectivity index (χ2n) is 3.44. The molecule has 1 atom stereocenters. The van der Waals surface area contributed by atoms with Gasteiger partial charge in [-0.2, -0.15) is 4.39 Å². The summed E-state index contributed by atoms with van der Waals surface area (Å²) >= 11 is 0. The molecule has 0 fully saturated rings. The molecule has 0 bridgehead atoms. The van der Waals surface area contributed by atoms with E-state index in [4.69, 9.17) is 10.2 Å². The lowest BCUT2D eigenvalue weighted by atomic mass is 10.1. The van der Waals surface area contributed by atoms with Gasteiger partial charge in [0, 0.05) is 6.54 Å². The van der Waals surface area contributed by atoms with Gasteiger partial charge in [0.1, 0.15) is 0 Å². The highest BCUT2D eigenvalue weighted by Gasteiger charge is 2.22. The topological polar surface area (TPSA) is 69.6 Å². The average Bonchev–Trinajstić information content (AvgIpc) is 2.28.